The van der Waals surface area contributed by atoms with Crippen LogP contribution in [0.2, 0.25) is 0 Å². The van der Waals surface area contributed by atoms with Gasteiger partial charge in [0.15, 0.2) is 6.10 Å². The average molecular weight is 355 g/mol. The number of anilines is 1. The van der Waals surface area contributed by atoms with Crippen LogP contribution in [0.25, 0.3) is 0 Å². The van der Waals surface area contributed by atoms with Gasteiger partial charge in [-0.25, -0.2) is 4.39 Å². The molecular weight excluding hydrogens is 333 g/mol. The number of carbonyl (C=O) groups excluding carboxylic acids is 2. The van der Waals surface area contributed by atoms with Gasteiger partial charge in [0, 0.05) is 5.69 Å². The Labute approximate surface area is 152 Å². The van der Waals surface area contributed by atoms with Crippen LogP contribution in [0.4, 0.5) is 10.1 Å². The van der Waals surface area contributed by atoms with E-state index in [1.54, 1.807) is 6.07 Å². The molecule has 1 aliphatic carbocycles. The normalized spacial score (nSPS) is 14.2. The van der Waals surface area contributed by atoms with E-state index in [4.69, 9.17) is 4.74 Å². The molecule has 1 amide bonds. The van der Waals surface area contributed by atoms with Crippen molar-refractivity contribution in [1.82, 2.24) is 0 Å². The van der Waals surface area contributed by atoms with Crippen molar-refractivity contribution >= 4 is 17.6 Å². The molecule has 0 bridgehead atoms. The highest BCUT2D eigenvalue weighted by molar-refractivity contribution is 5.95. The molecule has 0 unspecified atom stereocenters. The summed E-state index contributed by atoms with van der Waals surface area (Å²) in [6.07, 6.45) is 3.71. The minimum Gasteiger partial charge on any atom is -0.452 e. The summed E-state index contributed by atoms with van der Waals surface area (Å²) in [4.78, 5) is 24.2. The van der Waals surface area contributed by atoms with Crippen LogP contribution < -0.4 is 5.32 Å². The number of fused-ring (bicyclic) bond motifs is 1. The Balaban J connectivity index is 1.54. The molecule has 0 saturated heterocycles. The topological polar surface area (TPSA) is 55.4 Å². The van der Waals surface area contributed by atoms with Gasteiger partial charge in [-0.3, -0.25) is 9.59 Å². The molecule has 0 fully saturated rings. The predicted molar refractivity (Wildman–Crippen MR) is 97.4 cm³/mol. The molecule has 2 aromatic carbocycles. The lowest BCUT2D eigenvalue weighted by atomic mass is 9.90. The lowest BCUT2D eigenvalue weighted by Crippen LogP contribution is -2.30. The highest BCUT2D eigenvalue weighted by atomic mass is 19.1. The molecule has 1 atom stereocenters. The van der Waals surface area contributed by atoms with E-state index in [1.807, 2.05) is 6.07 Å². The SMILES string of the molecule is C[C@@H](OC(=O)Cc1ccc2c(c1)CCCC2)C(=O)Nc1cccc(F)c1. The fraction of sp³-hybridized carbons (Fsp3) is 0.333. The third-order valence-electron chi connectivity index (χ3n) is 4.53. The van der Waals surface area contributed by atoms with Crippen molar-refractivity contribution in [3.63, 3.8) is 0 Å². The molecule has 0 heterocycles. The molecule has 0 aliphatic heterocycles. The van der Waals surface area contributed by atoms with Gasteiger partial charge < -0.3 is 10.1 Å². The Morgan fingerprint density at radius 3 is 2.65 bits per heavy atom. The summed E-state index contributed by atoms with van der Waals surface area (Å²) in [7, 11) is 0. The van der Waals surface area contributed by atoms with Crippen molar-refractivity contribution < 1.29 is 18.7 Å². The third-order valence-corrected chi connectivity index (χ3v) is 4.53. The van der Waals surface area contributed by atoms with Gasteiger partial charge in [0.1, 0.15) is 5.82 Å². The quantitative estimate of drug-likeness (QED) is 0.830. The number of halogens is 1. The second-order valence-corrected chi connectivity index (χ2v) is 6.62. The largest absolute Gasteiger partial charge is 0.452 e. The number of ether oxygens (including phenoxy) is 1. The van der Waals surface area contributed by atoms with E-state index in [1.165, 1.54) is 49.1 Å². The van der Waals surface area contributed by atoms with Crippen LogP contribution in [-0.4, -0.2) is 18.0 Å². The smallest absolute Gasteiger partial charge is 0.311 e. The van der Waals surface area contributed by atoms with Crippen LogP contribution in [-0.2, 0) is 33.6 Å². The van der Waals surface area contributed by atoms with E-state index in [-0.39, 0.29) is 6.42 Å². The summed E-state index contributed by atoms with van der Waals surface area (Å²) in [5, 5.41) is 2.54. The molecule has 1 N–H and O–H groups in total. The Morgan fingerprint density at radius 2 is 1.88 bits per heavy atom. The minimum atomic E-state index is -0.955. The highest BCUT2D eigenvalue weighted by Gasteiger charge is 2.19. The Kier molecular flexibility index (Phi) is 5.66. The van der Waals surface area contributed by atoms with Crippen LogP contribution in [0, 0.1) is 5.82 Å². The first kappa shape index (κ1) is 18.1. The maximum atomic E-state index is 13.2. The number of carbonyl (C=O) groups is 2. The molecular formula is C21H22FNO3. The minimum absolute atomic E-state index is 0.130. The number of nitrogens with one attached hydrogen (secondary N) is 1. The van der Waals surface area contributed by atoms with Crippen LogP contribution in [0.15, 0.2) is 42.5 Å². The van der Waals surface area contributed by atoms with Gasteiger partial charge in [0.2, 0.25) is 0 Å². The van der Waals surface area contributed by atoms with Crippen LogP contribution in [0.3, 0.4) is 0 Å². The summed E-state index contributed by atoms with van der Waals surface area (Å²) >= 11 is 0. The van der Waals surface area contributed by atoms with E-state index >= 15 is 0 Å². The first-order chi connectivity index (χ1) is 12.5. The molecule has 2 aromatic rings. The molecule has 5 heteroatoms. The second kappa shape index (κ2) is 8.13. The van der Waals surface area contributed by atoms with Gasteiger partial charge in [-0.2, -0.15) is 0 Å². The second-order valence-electron chi connectivity index (χ2n) is 6.62. The zero-order valence-corrected chi connectivity index (χ0v) is 14.8. The van der Waals surface area contributed by atoms with Crippen molar-refractivity contribution in [3.05, 3.63) is 65.0 Å². The molecule has 0 radical (unpaired) electrons. The number of amides is 1. The van der Waals surface area contributed by atoms with Gasteiger partial charge >= 0.3 is 5.97 Å². The zero-order valence-electron chi connectivity index (χ0n) is 14.8. The summed E-state index contributed by atoms with van der Waals surface area (Å²) in [6.45, 7) is 1.50. The van der Waals surface area contributed by atoms with Crippen molar-refractivity contribution in [2.24, 2.45) is 0 Å². The first-order valence-corrected chi connectivity index (χ1v) is 8.88. The van der Waals surface area contributed by atoms with E-state index in [0.29, 0.717) is 5.69 Å². The Morgan fingerprint density at radius 1 is 1.12 bits per heavy atom. The van der Waals surface area contributed by atoms with E-state index in [9.17, 15) is 14.0 Å². The van der Waals surface area contributed by atoms with Crippen LogP contribution in [0.5, 0.6) is 0 Å². The summed E-state index contributed by atoms with van der Waals surface area (Å²) in [5.41, 5.74) is 3.88. The molecule has 0 saturated carbocycles. The fourth-order valence-electron chi connectivity index (χ4n) is 3.17. The van der Waals surface area contributed by atoms with Gasteiger partial charge in [-0.05, 0) is 67.5 Å². The zero-order chi connectivity index (χ0) is 18.5. The Bertz CT molecular complexity index is 819. The van der Waals surface area contributed by atoms with E-state index < -0.39 is 23.8 Å². The molecule has 26 heavy (non-hydrogen) atoms. The van der Waals surface area contributed by atoms with Crippen molar-refractivity contribution in [2.75, 3.05) is 5.32 Å². The molecule has 0 spiro atoms. The summed E-state index contributed by atoms with van der Waals surface area (Å²) in [5.74, 6) is -1.39. The van der Waals surface area contributed by atoms with Gasteiger partial charge in [0.05, 0.1) is 6.42 Å². The monoisotopic (exact) mass is 355 g/mol. The van der Waals surface area contributed by atoms with E-state index in [0.717, 1.165) is 18.4 Å². The number of benzene rings is 2. The molecule has 1 aliphatic rings. The standard InChI is InChI=1S/C21H22FNO3/c1-14(21(25)23-19-8-4-7-18(22)13-19)26-20(24)12-15-9-10-16-5-2-3-6-17(16)11-15/h4,7-11,13-14H,2-3,5-6,12H2,1H3,(H,23,25)/t14-/m1/s1. The van der Waals surface area contributed by atoms with Crippen molar-refractivity contribution in [2.45, 2.75) is 45.1 Å². The van der Waals surface area contributed by atoms with Crippen LogP contribution >= 0.6 is 0 Å². The Hall–Kier alpha value is -2.69. The maximum absolute atomic E-state index is 13.2. The van der Waals surface area contributed by atoms with Gasteiger partial charge in [-0.1, -0.05) is 24.3 Å². The van der Waals surface area contributed by atoms with E-state index in [2.05, 4.69) is 17.4 Å². The lowest BCUT2D eigenvalue weighted by molar-refractivity contribution is -0.152. The molecule has 136 valence electrons. The van der Waals surface area contributed by atoms with Crippen molar-refractivity contribution in [3.8, 4) is 0 Å². The van der Waals surface area contributed by atoms with Crippen molar-refractivity contribution in [1.29, 1.82) is 0 Å². The van der Waals surface area contributed by atoms with Gasteiger partial charge in [0.25, 0.3) is 5.91 Å². The number of hydrogen-bond acceptors (Lipinski definition) is 3. The molecule has 4 nitrogen and oxygen atoms in total. The number of hydrogen-bond donors (Lipinski definition) is 1. The predicted octanol–water partition coefficient (Wildman–Crippen LogP) is 3.82. The third kappa shape index (κ3) is 4.69. The van der Waals surface area contributed by atoms with Gasteiger partial charge in [-0.15, -0.1) is 0 Å². The average Bonchev–Trinajstić information content (AvgIpc) is 2.61. The highest BCUT2D eigenvalue weighted by Crippen LogP contribution is 2.22. The summed E-state index contributed by atoms with van der Waals surface area (Å²) in [6, 6.07) is 11.7. The fourth-order valence-corrected chi connectivity index (χ4v) is 3.17. The molecule has 0 aromatic heterocycles. The summed E-state index contributed by atoms with van der Waals surface area (Å²) < 4.78 is 18.4. The number of rotatable bonds is 5. The number of aryl methyl sites for hydroxylation is 2. The lowest BCUT2D eigenvalue weighted by Gasteiger charge is -2.17. The number of esters is 1. The molecule has 3 rings (SSSR count). The maximum Gasteiger partial charge on any atom is 0.311 e. The van der Waals surface area contributed by atoms with Crippen LogP contribution in [0.1, 0.15) is 36.5 Å². The first-order valence-electron chi connectivity index (χ1n) is 8.88.